The van der Waals surface area contributed by atoms with Gasteiger partial charge in [0.25, 0.3) is 0 Å². The zero-order valence-electron chi connectivity index (χ0n) is 28.0. The lowest BCUT2D eigenvalue weighted by Crippen LogP contribution is -2.79. The summed E-state index contributed by atoms with van der Waals surface area (Å²) >= 11 is 0. The number of phenols is 1. The lowest BCUT2D eigenvalue weighted by molar-refractivity contribution is -0.265. The first-order valence-electron chi connectivity index (χ1n) is 16.2. The molecule has 2 aromatic rings. The van der Waals surface area contributed by atoms with Crippen LogP contribution in [0.5, 0.6) is 11.5 Å². The van der Waals surface area contributed by atoms with Gasteiger partial charge in [-0.2, -0.15) is 0 Å². The molecule has 254 valence electrons. The molecule has 0 heterocycles. The molecule has 2 saturated carbocycles. The standard InChI is InChI=1S/C36H46N2O9/c1-16(2)21-12-19(14-38-33(45)47-20-10-8-18(5)9-11-20)27(39)23-22(21)13-34(6)15-35(7)25(17(3)4)29(41)24(32(37)44)30(42)36(35,46)31(43)26(34)28(23)40/h8-12,16-17,24-26,29,31,39,41,43,46H,13-15H2,1-7H3,(H2,37,44)(H,38,45)/t24-,25+,26-,29?,31?,34-,35-,36+/m1/s1. The van der Waals surface area contributed by atoms with Gasteiger partial charge >= 0.3 is 6.09 Å². The van der Waals surface area contributed by atoms with E-state index in [1.807, 2.05) is 27.7 Å². The van der Waals surface area contributed by atoms with Crippen LogP contribution in [0.1, 0.15) is 86.5 Å². The molecule has 0 spiro atoms. The van der Waals surface area contributed by atoms with Crippen molar-refractivity contribution in [2.24, 2.45) is 40.2 Å². The Hall–Kier alpha value is -3.80. The van der Waals surface area contributed by atoms with E-state index in [0.717, 1.165) is 11.1 Å². The molecule has 2 fully saturated rings. The number of aromatic hydroxyl groups is 1. The van der Waals surface area contributed by atoms with Crippen LogP contribution in [0.25, 0.3) is 0 Å². The fourth-order valence-corrected chi connectivity index (χ4v) is 9.25. The fraction of sp³-hybridized carbons (Fsp3) is 0.556. The normalized spacial score (nSPS) is 33.2. The highest BCUT2D eigenvalue weighted by molar-refractivity contribution is 6.09. The largest absolute Gasteiger partial charge is 0.507 e. The maximum Gasteiger partial charge on any atom is 0.412 e. The third kappa shape index (κ3) is 5.14. The number of carbonyl (C=O) groups is 4. The molecule has 0 saturated heterocycles. The molecule has 0 bridgehead atoms. The minimum atomic E-state index is -2.59. The van der Waals surface area contributed by atoms with Gasteiger partial charge in [-0.15, -0.1) is 0 Å². The number of nitrogens with two attached hydrogens (primary N) is 1. The molecular formula is C36H46N2O9. The summed E-state index contributed by atoms with van der Waals surface area (Å²) in [6.45, 7) is 12.7. The average molecular weight is 651 g/mol. The molecule has 2 amide bonds. The Kier molecular flexibility index (Phi) is 8.61. The van der Waals surface area contributed by atoms with Crippen LogP contribution in [0.3, 0.4) is 0 Å². The lowest BCUT2D eigenvalue weighted by Gasteiger charge is -2.66. The third-order valence-electron chi connectivity index (χ3n) is 11.2. The quantitative estimate of drug-likeness (QED) is 0.254. The number of ether oxygens (including phenoxy) is 1. The van der Waals surface area contributed by atoms with E-state index >= 15 is 0 Å². The molecule has 0 radical (unpaired) electrons. The fourth-order valence-electron chi connectivity index (χ4n) is 9.25. The highest BCUT2D eigenvalue weighted by Gasteiger charge is 2.76. The van der Waals surface area contributed by atoms with Crippen molar-refractivity contribution in [3.63, 3.8) is 0 Å². The summed E-state index contributed by atoms with van der Waals surface area (Å²) < 4.78 is 5.34. The van der Waals surface area contributed by atoms with Crippen molar-refractivity contribution in [2.45, 2.75) is 91.6 Å². The number of benzene rings is 2. The number of aliphatic hydroxyl groups is 3. The van der Waals surface area contributed by atoms with E-state index in [1.54, 1.807) is 51.1 Å². The van der Waals surface area contributed by atoms with Gasteiger partial charge in [-0.3, -0.25) is 14.4 Å². The van der Waals surface area contributed by atoms with Crippen molar-refractivity contribution in [3.05, 3.63) is 58.1 Å². The minimum absolute atomic E-state index is 0.0382. The molecule has 7 N–H and O–H groups in total. The Morgan fingerprint density at radius 3 is 2.26 bits per heavy atom. The van der Waals surface area contributed by atoms with Crippen LogP contribution in [-0.2, 0) is 22.6 Å². The summed E-state index contributed by atoms with van der Waals surface area (Å²) in [6.07, 6.45) is -3.94. The number of aliphatic hydroxyl groups excluding tert-OH is 2. The topological polar surface area (TPSA) is 196 Å². The minimum Gasteiger partial charge on any atom is -0.507 e. The zero-order chi connectivity index (χ0) is 35.0. The second-order valence-corrected chi connectivity index (χ2v) is 15.0. The number of hydrogen-bond donors (Lipinski definition) is 6. The summed E-state index contributed by atoms with van der Waals surface area (Å²) in [7, 11) is 0. The maximum absolute atomic E-state index is 14.5. The van der Waals surface area contributed by atoms with Gasteiger partial charge in [0.2, 0.25) is 5.91 Å². The lowest BCUT2D eigenvalue weighted by atomic mass is 9.39. The molecule has 11 heteroatoms. The first kappa shape index (κ1) is 34.5. The number of hydrogen-bond acceptors (Lipinski definition) is 9. The van der Waals surface area contributed by atoms with E-state index < -0.39 is 70.0 Å². The van der Waals surface area contributed by atoms with E-state index in [-0.39, 0.29) is 48.1 Å². The predicted octanol–water partition coefficient (Wildman–Crippen LogP) is 3.29. The van der Waals surface area contributed by atoms with Crippen LogP contribution in [0, 0.1) is 41.4 Å². The summed E-state index contributed by atoms with van der Waals surface area (Å²) in [6, 6.07) is 8.65. The predicted molar refractivity (Wildman–Crippen MR) is 172 cm³/mol. The number of phenolic OH excluding ortho intramolecular Hbond substituents is 1. The summed E-state index contributed by atoms with van der Waals surface area (Å²) in [5, 5.41) is 49.9. The second kappa shape index (κ2) is 11.7. The molecule has 0 aromatic heterocycles. The third-order valence-corrected chi connectivity index (χ3v) is 11.2. The summed E-state index contributed by atoms with van der Waals surface area (Å²) in [4.78, 5) is 53.5. The van der Waals surface area contributed by atoms with E-state index in [4.69, 9.17) is 10.5 Å². The number of primary amides is 1. The second-order valence-electron chi connectivity index (χ2n) is 15.0. The van der Waals surface area contributed by atoms with Crippen LogP contribution in [0.4, 0.5) is 4.79 Å². The van der Waals surface area contributed by atoms with Gasteiger partial charge in [0.1, 0.15) is 23.5 Å². The zero-order valence-corrected chi connectivity index (χ0v) is 28.0. The van der Waals surface area contributed by atoms with Crippen molar-refractivity contribution >= 4 is 23.6 Å². The Morgan fingerprint density at radius 2 is 1.70 bits per heavy atom. The number of ketones is 2. The van der Waals surface area contributed by atoms with Gasteiger partial charge in [0, 0.05) is 17.5 Å². The molecule has 8 atom stereocenters. The van der Waals surface area contributed by atoms with Gasteiger partial charge in [-0.25, -0.2) is 4.79 Å². The van der Waals surface area contributed by atoms with Crippen LogP contribution in [0.2, 0.25) is 0 Å². The molecular weight excluding hydrogens is 604 g/mol. The van der Waals surface area contributed by atoms with Gasteiger partial charge in [0.15, 0.2) is 17.2 Å². The van der Waals surface area contributed by atoms with Gasteiger partial charge in [0.05, 0.1) is 17.6 Å². The molecule has 11 nitrogen and oxygen atoms in total. The number of rotatable bonds is 6. The number of aryl methyl sites for hydroxylation is 1. The van der Waals surface area contributed by atoms with Crippen molar-refractivity contribution in [2.75, 3.05) is 0 Å². The molecule has 3 aliphatic rings. The highest BCUT2D eigenvalue weighted by Crippen LogP contribution is 2.66. The monoisotopic (exact) mass is 650 g/mol. The van der Waals surface area contributed by atoms with Crippen LogP contribution >= 0.6 is 0 Å². The number of nitrogens with one attached hydrogen (secondary N) is 1. The number of carbonyl (C=O) groups excluding carboxylic acids is 4. The van der Waals surface area contributed by atoms with Crippen LogP contribution in [-0.4, -0.2) is 61.8 Å². The van der Waals surface area contributed by atoms with Crippen LogP contribution in [0.15, 0.2) is 30.3 Å². The Balaban J connectivity index is 1.57. The first-order chi connectivity index (χ1) is 21.8. The summed E-state index contributed by atoms with van der Waals surface area (Å²) in [5.74, 6) is -7.30. The maximum atomic E-state index is 14.5. The van der Waals surface area contributed by atoms with E-state index in [1.165, 1.54) is 0 Å². The van der Waals surface area contributed by atoms with Gasteiger partial charge < -0.3 is 36.2 Å². The first-order valence-corrected chi connectivity index (χ1v) is 16.2. The number of Topliss-reactive ketones (excluding diaryl/α,β-unsaturated/α-hetero) is 2. The molecule has 5 rings (SSSR count). The average Bonchev–Trinajstić information content (AvgIpc) is 2.95. The highest BCUT2D eigenvalue weighted by atomic mass is 16.6. The molecule has 47 heavy (non-hydrogen) atoms. The van der Waals surface area contributed by atoms with E-state index in [9.17, 15) is 39.6 Å². The Morgan fingerprint density at radius 1 is 1.09 bits per heavy atom. The van der Waals surface area contributed by atoms with Crippen LogP contribution < -0.4 is 15.8 Å². The molecule has 2 aromatic carbocycles. The molecule has 3 aliphatic carbocycles. The van der Waals surface area contributed by atoms with Crippen molar-refractivity contribution < 1.29 is 44.3 Å². The molecule has 2 unspecified atom stereocenters. The molecule has 0 aliphatic heterocycles. The van der Waals surface area contributed by atoms with Gasteiger partial charge in [-0.05, 0) is 72.3 Å². The van der Waals surface area contributed by atoms with E-state index in [0.29, 0.717) is 11.3 Å². The Labute approximate surface area is 274 Å². The van der Waals surface area contributed by atoms with Gasteiger partial charge in [-0.1, -0.05) is 59.2 Å². The van der Waals surface area contributed by atoms with Crippen molar-refractivity contribution in [1.82, 2.24) is 5.32 Å². The Bertz CT molecular complexity index is 1640. The van der Waals surface area contributed by atoms with Crippen molar-refractivity contribution in [1.29, 1.82) is 0 Å². The smallest absolute Gasteiger partial charge is 0.412 e. The van der Waals surface area contributed by atoms with E-state index in [2.05, 4.69) is 5.32 Å². The number of fused-ring (bicyclic) bond motifs is 3. The summed E-state index contributed by atoms with van der Waals surface area (Å²) in [5.41, 5.74) is 3.09. The number of amides is 2. The SMILES string of the molecule is Cc1ccc(OC(=O)NCc2cc(C(C)C)c3c(c2O)C(=O)[C@@H]2C(O)[C@@]4(O)C(=O)[C@H](C(N)=O)C(O)[C@H](C(C)C)[C@@]4(C)C[C@@]2(C)C3)cc1. The van der Waals surface area contributed by atoms with Crippen molar-refractivity contribution in [3.8, 4) is 11.5 Å².